The number of anilines is 2. The van der Waals surface area contributed by atoms with Gasteiger partial charge >= 0.3 is 0 Å². The summed E-state index contributed by atoms with van der Waals surface area (Å²) in [5.41, 5.74) is 1.73. The van der Waals surface area contributed by atoms with Crippen LogP contribution < -0.4 is 15.0 Å². The number of morpholine rings is 1. The van der Waals surface area contributed by atoms with Gasteiger partial charge in [0.1, 0.15) is 11.6 Å². The van der Waals surface area contributed by atoms with Crippen molar-refractivity contribution in [2.24, 2.45) is 0 Å². The van der Waals surface area contributed by atoms with Crippen molar-refractivity contribution in [1.82, 2.24) is 0 Å². The van der Waals surface area contributed by atoms with Crippen LogP contribution in [0.5, 0.6) is 11.5 Å². The Morgan fingerprint density at radius 1 is 1.37 bits per heavy atom. The van der Waals surface area contributed by atoms with E-state index in [1.165, 1.54) is 19.3 Å². The van der Waals surface area contributed by atoms with E-state index in [-0.39, 0.29) is 17.1 Å². The summed E-state index contributed by atoms with van der Waals surface area (Å²) in [6.45, 7) is 2.56. The van der Waals surface area contributed by atoms with E-state index < -0.39 is 5.91 Å². The van der Waals surface area contributed by atoms with Crippen LogP contribution in [0.2, 0.25) is 5.02 Å². The molecule has 2 N–H and O–H groups in total. The molecule has 1 amide bonds. The van der Waals surface area contributed by atoms with Gasteiger partial charge in [-0.2, -0.15) is 5.26 Å². The highest BCUT2D eigenvalue weighted by atomic mass is 79.9. The molecule has 1 aliphatic heterocycles. The Labute approximate surface area is 187 Å². The van der Waals surface area contributed by atoms with E-state index in [9.17, 15) is 15.2 Å². The molecule has 0 bridgehead atoms. The van der Waals surface area contributed by atoms with Crippen LogP contribution in [0, 0.1) is 11.3 Å². The number of benzene rings is 2. The number of carbonyl (C=O) groups is 1. The SMILES string of the molecule is COc1cc(/C=C(\C#N)C(=O)Nc2cc(Cl)ccc2N2CCOCC2)cc(Br)c1O. The molecule has 0 spiro atoms. The third-order valence-electron chi connectivity index (χ3n) is 4.51. The molecular formula is C21H19BrClN3O4. The van der Waals surface area contributed by atoms with Crippen molar-refractivity contribution in [3.63, 3.8) is 0 Å². The van der Waals surface area contributed by atoms with E-state index in [4.69, 9.17) is 21.1 Å². The fourth-order valence-electron chi connectivity index (χ4n) is 3.03. The maximum atomic E-state index is 12.8. The lowest BCUT2D eigenvalue weighted by atomic mass is 10.1. The molecule has 0 atom stereocenters. The minimum Gasteiger partial charge on any atom is -0.503 e. The maximum absolute atomic E-state index is 12.8. The Kier molecular flexibility index (Phi) is 7.21. The number of rotatable bonds is 5. The Balaban J connectivity index is 1.89. The Morgan fingerprint density at radius 2 is 2.10 bits per heavy atom. The van der Waals surface area contributed by atoms with Crippen LogP contribution in [0.15, 0.2) is 40.4 Å². The predicted octanol–water partition coefficient (Wildman–Crippen LogP) is 4.20. The third kappa shape index (κ3) is 5.05. The number of halogens is 2. The van der Waals surface area contributed by atoms with Gasteiger partial charge in [-0.15, -0.1) is 0 Å². The summed E-state index contributed by atoms with van der Waals surface area (Å²) in [7, 11) is 1.42. The Hall–Kier alpha value is -2.73. The summed E-state index contributed by atoms with van der Waals surface area (Å²) in [6.07, 6.45) is 1.42. The first-order chi connectivity index (χ1) is 14.4. The summed E-state index contributed by atoms with van der Waals surface area (Å²) in [6, 6.07) is 10.3. The van der Waals surface area contributed by atoms with Gasteiger partial charge in [0.15, 0.2) is 11.5 Å². The van der Waals surface area contributed by atoms with E-state index in [2.05, 4.69) is 26.1 Å². The fourth-order valence-corrected chi connectivity index (χ4v) is 3.66. The Bertz CT molecular complexity index is 1030. The summed E-state index contributed by atoms with van der Waals surface area (Å²) >= 11 is 9.36. The quantitative estimate of drug-likeness (QED) is 0.480. The number of hydrogen-bond donors (Lipinski definition) is 2. The van der Waals surface area contributed by atoms with Gasteiger partial charge in [-0.3, -0.25) is 4.79 Å². The zero-order valence-electron chi connectivity index (χ0n) is 16.1. The van der Waals surface area contributed by atoms with Crippen molar-refractivity contribution >= 4 is 50.9 Å². The number of amides is 1. The number of ether oxygens (including phenoxy) is 2. The third-order valence-corrected chi connectivity index (χ3v) is 5.34. The van der Waals surface area contributed by atoms with Crippen LogP contribution >= 0.6 is 27.5 Å². The molecule has 1 aliphatic rings. The van der Waals surface area contributed by atoms with Crippen molar-refractivity contribution < 1.29 is 19.4 Å². The standard InChI is InChI=1S/C21H19BrClN3O4/c1-29-19-10-13(9-16(22)20(19)27)8-14(12-24)21(28)25-17-11-15(23)2-3-18(17)26-4-6-30-7-5-26/h2-3,8-11,27H,4-7H2,1H3,(H,25,28)/b14-8+. The average molecular weight is 493 g/mol. The molecule has 1 heterocycles. The second kappa shape index (κ2) is 9.85. The number of hydrogen-bond acceptors (Lipinski definition) is 6. The predicted molar refractivity (Wildman–Crippen MR) is 119 cm³/mol. The molecule has 30 heavy (non-hydrogen) atoms. The van der Waals surface area contributed by atoms with Crippen LogP contribution in [0.1, 0.15) is 5.56 Å². The molecule has 1 saturated heterocycles. The zero-order valence-corrected chi connectivity index (χ0v) is 18.5. The lowest BCUT2D eigenvalue weighted by Crippen LogP contribution is -2.36. The fraction of sp³-hybridized carbons (Fsp3) is 0.238. The molecule has 7 nitrogen and oxygen atoms in total. The lowest BCUT2D eigenvalue weighted by molar-refractivity contribution is -0.112. The molecule has 0 aliphatic carbocycles. The van der Waals surface area contributed by atoms with Crippen molar-refractivity contribution in [1.29, 1.82) is 5.26 Å². The highest BCUT2D eigenvalue weighted by Crippen LogP contribution is 2.36. The molecule has 2 aromatic carbocycles. The van der Waals surface area contributed by atoms with Crippen LogP contribution in [0.3, 0.4) is 0 Å². The van der Waals surface area contributed by atoms with Gasteiger partial charge in [0.05, 0.1) is 36.2 Å². The molecule has 2 aromatic rings. The second-order valence-electron chi connectivity index (χ2n) is 6.44. The normalized spacial score (nSPS) is 14.2. The minimum absolute atomic E-state index is 0.0633. The maximum Gasteiger partial charge on any atom is 0.266 e. The van der Waals surface area contributed by atoms with E-state index in [0.717, 1.165) is 5.69 Å². The number of nitrogens with one attached hydrogen (secondary N) is 1. The number of nitrogens with zero attached hydrogens (tertiary/aromatic N) is 2. The largest absolute Gasteiger partial charge is 0.503 e. The zero-order chi connectivity index (χ0) is 21.7. The molecular weight excluding hydrogens is 474 g/mol. The van der Waals surface area contributed by atoms with Gasteiger partial charge in [-0.05, 0) is 57.9 Å². The van der Waals surface area contributed by atoms with Crippen molar-refractivity contribution in [2.45, 2.75) is 0 Å². The van der Waals surface area contributed by atoms with Crippen LogP contribution in [0.4, 0.5) is 11.4 Å². The molecule has 0 radical (unpaired) electrons. The smallest absolute Gasteiger partial charge is 0.266 e. The number of nitriles is 1. The van der Waals surface area contributed by atoms with Gasteiger partial charge in [0.2, 0.25) is 0 Å². The molecule has 0 saturated carbocycles. The van der Waals surface area contributed by atoms with Crippen LogP contribution in [-0.4, -0.2) is 44.4 Å². The highest BCUT2D eigenvalue weighted by molar-refractivity contribution is 9.10. The topological polar surface area (TPSA) is 94.8 Å². The summed E-state index contributed by atoms with van der Waals surface area (Å²) in [5.74, 6) is -0.415. The number of carbonyl (C=O) groups excluding carboxylic acids is 1. The Morgan fingerprint density at radius 3 is 2.77 bits per heavy atom. The lowest BCUT2D eigenvalue weighted by Gasteiger charge is -2.30. The first-order valence-electron chi connectivity index (χ1n) is 9.05. The average Bonchev–Trinajstić information content (AvgIpc) is 2.75. The summed E-state index contributed by atoms with van der Waals surface area (Å²) in [4.78, 5) is 14.9. The minimum atomic E-state index is -0.572. The van der Waals surface area contributed by atoms with Crippen LogP contribution in [-0.2, 0) is 9.53 Å². The number of phenols is 1. The van der Waals surface area contributed by atoms with E-state index in [1.54, 1.807) is 18.2 Å². The molecule has 0 unspecified atom stereocenters. The van der Waals surface area contributed by atoms with Crippen LogP contribution in [0.25, 0.3) is 6.08 Å². The number of phenolic OH excluding ortho intramolecular Hbond substituents is 1. The highest BCUT2D eigenvalue weighted by Gasteiger charge is 2.18. The first-order valence-corrected chi connectivity index (χ1v) is 10.2. The van der Waals surface area contributed by atoms with E-state index >= 15 is 0 Å². The van der Waals surface area contributed by atoms with Gasteiger partial charge in [-0.1, -0.05) is 11.6 Å². The van der Waals surface area contributed by atoms with E-state index in [1.807, 2.05) is 12.1 Å². The number of aromatic hydroxyl groups is 1. The van der Waals surface area contributed by atoms with Gasteiger partial charge in [0.25, 0.3) is 5.91 Å². The summed E-state index contributed by atoms with van der Waals surface area (Å²) in [5, 5.41) is 22.7. The molecule has 0 aromatic heterocycles. The van der Waals surface area contributed by atoms with Crippen molar-refractivity contribution in [3.8, 4) is 17.6 Å². The molecule has 1 fully saturated rings. The van der Waals surface area contributed by atoms with Gasteiger partial charge in [-0.25, -0.2) is 0 Å². The second-order valence-corrected chi connectivity index (χ2v) is 7.73. The van der Waals surface area contributed by atoms with Crippen molar-refractivity contribution in [2.75, 3.05) is 43.6 Å². The molecule has 156 valence electrons. The van der Waals surface area contributed by atoms with E-state index in [0.29, 0.717) is 47.0 Å². The summed E-state index contributed by atoms with van der Waals surface area (Å²) < 4.78 is 10.9. The van der Waals surface area contributed by atoms with Gasteiger partial charge in [0, 0.05) is 18.1 Å². The molecule has 9 heteroatoms. The number of methoxy groups -OCH3 is 1. The monoisotopic (exact) mass is 491 g/mol. The molecule has 3 rings (SSSR count). The van der Waals surface area contributed by atoms with Crippen molar-refractivity contribution in [3.05, 3.63) is 51.0 Å². The van der Waals surface area contributed by atoms with Gasteiger partial charge < -0.3 is 24.8 Å². The first kappa shape index (κ1) is 22.0.